The molecule has 1 fully saturated rings. The maximum atomic E-state index is 12.6. The maximum absolute atomic E-state index is 12.6. The van der Waals surface area contributed by atoms with E-state index in [1.807, 2.05) is 59.4 Å². The highest BCUT2D eigenvalue weighted by Crippen LogP contribution is 2.15. The molecule has 132 valence electrons. The number of nitrogens with zero attached hydrogens (tertiary/aromatic N) is 2. The highest BCUT2D eigenvalue weighted by Gasteiger charge is 2.24. The second-order valence-electron chi connectivity index (χ2n) is 6.82. The predicted octanol–water partition coefficient (Wildman–Crippen LogP) is 3.48. The summed E-state index contributed by atoms with van der Waals surface area (Å²) in [6.45, 7) is 2.86. The van der Waals surface area contributed by atoms with Crippen molar-refractivity contribution in [3.8, 4) is 5.69 Å². The molecule has 1 atom stereocenters. The summed E-state index contributed by atoms with van der Waals surface area (Å²) in [6, 6.07) is 22.4. The van der Waals surface area contributed by atoms with Gasteiger partial charge in [0.1, 0.15) is 0 Å². The molecule has 4 nitrogen and oxygen atoms in total. The summed E-state index contributed by atoms with van der Waals surface area (Å²) < 4.78 is 2.01. The second-order valence-corrected chi connectivity index (χ2v) is 6.82. The quantitative estimate of drug-likeness (QED) is 0.769. The zero-order valence-electron chi connectivity index (χ0n) is 14.7. The Hall–Kier alpha value is -2.85. The van der Waals surface area contributed by atoms with E-state index >= 15 is 0 Å². The molecule has 1 amide bonds. The van der Waals surface area contributed by atoms with Gasteiger partial charge in [-0.25, -0.2) is 0 Å². The average Bonchev–Trinajstić information content (AvgIpc) is 3.35. The number of amides is 1. The van der Waals surface area contributed by atoms with Crippen LogP contribution in [0.1, 0.15) is 22.3 Å². The Morgan fingerprint density at radius 2 is 1.81 bits per heavy atom. The normalized spacial score (nSPS) is 17.3. The van der Waals surface area contributed by atoms with E-state index in [9.17, 15) is 4.79 Å². The molecular formula is C22H23N3O. The topological polar surface area (TPSA) is 37.3 Å². The lowest BCUT2D eigenvalue weighted by atomic mass is 10.1. The van der Waals surface area contributed by atoms with Crippen LogP contribution in [-0.2, 0) is 6.54 Å². The first-order chi connectivity index (χ1) is 12.8. The lowest BCUT2D eigenvalue weighted by Gasteiger charge is -2.17. The summed E-state index contributed by atoms with van der Waals surface area (Å²) in [5, 5.41) is 3.19. The summed E-state index contributed by atoms with van der Waals surface area (Å²) in [5.74, 6) is 0.00515. The van der Waals surface area contributed by atoms with Crippen LogP contribution in [0, 0.1) is 0 Å². The van der Waals surface area contributed by atoms with Gasteiger partial charge in [0.2, 0.25) is 0 Å². The Balaban J connectivity index is 1.36. The van der Waals surface area contributed by atoms with Crippen molar-refractivity contribution in [3.63, 3.8) is 0 Å². The van der Waals surface area contributed by atoms with Gasteiger partial charge in [-0.1, -0.05) is 36.4 Å². The number of nitrogens with one attached hydrogen (secondary N) is 1. The summed E-state index contributed by atoms with van der Waals surface area (Å²) in [4.78, 5) is 15.0. The van der Waals surface area contributed by atoms with Gasteiger partial charge in [-0.05, 0) is 42.3 Å². The number of carbonyl (C=O) groups is 1. The molecule has 4 heteroatoms. The number of likely N-dealkylation sites (tertiary alicyclic amines) is 1. The molecule has 0 spiro atoms. The molecule has 0 bridgehead atoms. The molecule has 0 saturated carbocycles. The first-order valence-corrected chi connectivity index (χ1v) is 9.08. The van der Waals surface area contributed by atoms with Crippen LogP contribution in [0.5, 0.6) is 0 Å². The lowest BCUT2D eigenvalue weighted by Crippen LogP contribution is -2.37. The fourth-order valence-corrected chi connectivity index (χ4v) is 3.52. The van der Waals surface area contributed by atoms with Crippen molar-refractivity contribution in [2.24, 2.45) is 0 Å². The predicted molar refractivity (Wildman–Crippen MR) is 103 cm³/mol. The number of aromatic nitrogens is 1. The number of benzene rings is 2. The molecule has 3 aromatic rings. The molecule has 1 N–H and O–H groups in total. The molecule has 1 aliphatic rings. The van der Waals surface area contributed by atoms with Crippen LogP contribution >= 0.6 is 0 Å². The van der Waals surface area contributed by atoms with Gasteiger partial charge in [0.05, 0.1) is 0 Å². The van der Waals surface area contributed by atoms with Crippen molar-refractivity contribution in [1.29, 1.82) is 0 Å². The van der Waals surface area contributed by atoms with E-state index < -0.39 is 0 Å². The summed E-state index contributed by atoms with van der Waals surface area (Å²) in [6.07, 6.45) is 4.96. The zero-order chi connectivity index (χ0) is 17.8. The molecule has 0 unspecified atom stereocenters. The van der Waals surface area contributed by atoms with Crippen molar-refractivity contribution < 1.29 is 4.79 Å². The van der Waals surface area contributed by atoms with Gasteiger partial charge in [-0.15, -0.1) is 0 Å². The number of carbonyl (C=O) groups excluding carboxylic acids is 1. The Bertz CT molecular complexity index is 858. The molecular weight excluding hydrogens is 322 g/mol. The van der Waals surface area contributed by atoms with Crippen LogP contribution in [0.15, 0.2) is 79.1 Å². The Labute approximate surface area is 154 Å². The van der Waals surface area contributed by atoms with Crippen molar-refractivity contribution in [2.75, 3.05) is 13.1 Å². The number of rotatable bonds is 5. The number of hydrogen-bond donors (Lipinski definition) is 1. The molecule has 26 heavy (non-hydrogen) atoms. The van der Waals surface area contributed by atoms with Crippen LogP contribution in [0.25, 0.3) is 5.69 Å². The van der Waals surface area contributed by atoms with Gasteiger partial charge >= 0.3 is 0 Å². The number of hydrogen-bond acceptors (Lipinski definition) is 2. The van der Waals surface area contributed by atoms with Crippen LogP contribution in [0.4, 0.5) is 0 Å². The second kappa shape index (κ2) is 7.58. The van der Waals surface area contributed by atoms with E-state index in [1.54, 1.807) is 0 Å². The van der Waals surface area contributed by atoms with Crippen LogP contribution in [0.2, 0.25) is 0 Å². The Morgan fingerprint density at radius 3 is 2.62 bits per heavy atom. The van der Waals surface area contributed by atoms with Crippen LogP contribution < -0.4 is 5.32 Å². The maximum Gasteiger partial charge on any atom is 0.251 e. The van der Waals surface area contributed by atoms with Gasteiger partial charge in [0.15, 0.2) is 0 Å². The van der Waals surface area contributed by atoms with Gasteiger partial charge < -0.3 is 9.88 Å². The SMILES string of the molecule is O=C(N[C@@H]1CCN(Cc2ccccc2)C1)c1cccc(-n2cccc2)c1. The molecule has 2 aromatic carbocycles. The monoisotopic (exact) mass is 345 g/mol. The molecule has 1 saturated heterocycles. The van der Waals surface area contributed by atoms with E-state index in [4.69, 9.17) is 0 Å². The van der Waals surface area contributed by atoms with Crippen molar-refractivity contribution >= 4 is 5.91 Å². The van der Waals surface area contributed by atoms with Gasteiger partial charge in [-0.3, -0.25) is 9.69 Å². The van der Waals surface area contributed by atoms with Crippen molar-refractivity contribution in [1.82, 2.24) is 14.8 Å². The Morgan fingerprint density at radius 1 is 1.00 bits per heavy atom. The van der Waals surface area contributed by atoms with Crippen LogP contribution in [-0.4, -0.2) is 34.5 Å². The smallest absolute Gasteiger partial charge is 0.251 e. The first kappa shape index (κ1) is 16.6. The average molecular weight is 345 g/mol. The fraction of sp³-hybridized carbons (Fsp3) is 0.227. The van der Waals surface area contributed by atoms with Gasteiger partial charge in [-0.2, -0.15) is 0 Å². The first-order valence-electron chi connectivity index (χ1n) is 9.08. The Kier molecular flexibility index (Phi) is 4.84. The third kappa shape index (κ3) is 3.86. The van der Waals surface area contributed by atoms with E-state index in [2.05, 4.69) is 34.5 Å². The van der Waals surface area contributed by atoms with E-state index in [1.165, 1.54) is 5.56 Å². The molecule has 1 aliphatic heterocycles. The lowest BCUT2D eigenvalue weighted by molar-refractivity contribution is 0.0937. The van der Waals surface area contributed by atoms with Gasteiger partial charge in [0, 0.05) is 49.3 Å². The van der Waals surface area contributed by atoms with Crippen LogP contribution in [0.3, 0.4) is 0 Å². The standard InChI is InChI=1S/C22H23N3O/c26-22(19-9-6-10-21(15-19)25-12-4-5-13-25)23-20-11-14-24(17-20)16-18-7-2-1-3-8-18/h1-10,12-13,15,20H,11,14,16-17H2,(H,23,26)/t20-/m1/s1. The fourth-order valence-electron chi connectivity index (χ4n) is 3.52. The minimum absolute atomic E-state index is 0.00515. The van der Waals surface area contributed by atoms with Gasteiger partial charge in [0.25, 0.3) is 5.91 Å². The largest absolute Gasteiger partial charge is 0.348 e. The third-order valence-corrected chi connectivity index (χ3v) is 4.87. The zero-order valence-corrected chi connectivity index (χ0v) is 14.7. The summed E-state index contributed by atoms with van der Waals surface area (Å²) in [7, 11) is 0. The van der Waals surface area contributed by atoms with E-state index in [0.717, 1.165) is 31.7 Å². The molecule has 4 rings (SSSR count). The summed E-state index contributed by atoms with van der Waals surface area (Å²) >= 11 is 0. The van der Waals surface area contributed by atoms with Crippen molar-refractivity contribution in [3.05, 3.63) is 90.3 Å². The third-order valence-electron chi connectivity index (χ3n) is 4.87. The highest BCUT2D eigenvalue weighted by molar-refractivity contribution is 5.95. The molecule has 2 heterocycles. The van der Waals surface area contributed by atoms with E-state index in [-0.39, 0.29) is 11.9 Å². The van der Waals surface area contributed by atoms with Crippen molar-refractivity contribution in [2.45, 2.75) is 19.0 Å². The molecule has 0 aliphatic carbocycles. The molecule has 0 radical (unpaired) electrons. The highest BCUT2D eigenvalue weighted by atomic mass is 16.1. The minimum Gasteiger partial charge on any atom is -0.348 e. The van der Waals surface area contributed by atoms with E-state index in [0.29, 0.717) is 5.56 Å². The molecule has 1 aromatic heterocycles. The minimum atomic E-state index is 0.00515. The summed E-state index contributed by atoms with van der Waals surface area (Å²) in [5.41, 5.74) is 3.02.